The minimum absolute atomic E-state index is 0.210. The summed E-state index contributed by atoms with van der Waals surface area (Å²) >= 11 is 0. The largest absolute Gasteiger partial charge is 0.444 e. The summed E-state index contributed by atoms with van der Waals surface area (Å²) < 4.78 is 5.28. The van der Waals surface area contributed by atoms with E-state index in [4.69, 9.17) is 4.74 Å². The zero-order valence-electron chi connectivity index (χ0n) is 14.3. The van der Waals surface area contributed by atoms with Gasteiger partial charge >= 0.3 is 6.09 Å². The first-order valence-electron chi connectivity index (χ1n) is 8.13. The van der Waals surface area contributed by atoms with Crippen molar-refractivity contribution in [2.45, 2.75) is 71.6 Å². The molecule has 122 valence electrons. The summed E-state index contributed by atoms with van der Waals surface area (Å²) in [6.45, 7) is 9.94. The number of nitrogens with one attached hydrogen (secondary N) is 2. The summed E-state index contributed by atoms with van der Waals surface area (Å²) in [6.07, 6.45) is 2.59. The minimum Gasteiger partial charge on any atom is -0.444 e. The number of anilines is 1. The van der Waals surface area contributed by atoms with E-state index in [1.807, 2.05) is 20.8 Å². The zero-order valence-corrected chi connectivity index (χ0v) is 14.3. The average molecular weight is 304 g/mol. The molecule has 1 aliphatic carbocycles. The van der Waals surface area contributed by atoms with E-state index in [-0.39, 0.29) is 12.1 Å². The van der Waals surface area contributed by atoms with Gasteiger partial charge in [-0.25, -0.2) is 4.79 Å². The van der Waals surface area contributed by atoms with Crippen molar-refractivity contribution < 1.29 is 9.53 Å². The highest BCUT2D eigenvalue weighted by molar-refractivity contribution is 5.68. The first-order chi connectivity index (χ1) is 10.3. The second-order valence-corrected chi connectivity index (χ2v) is 7.12. The maximum Gasteiger partial charge on any atom is 0.407 e. The summed E-state index contributed by atoms with van der Waals surface area (Å²) in [5.74, 6) is 0. The number of para-hydroxylation sites is 1. The van der Waals surface area contributed by atoms with Gasteiger partial charge in [-0.3, -0.25) is 0 Å². The van der Waals surface area contributed by atoms with E-state index in [1.54, 1.807) is 0 Å². The minimum atomic E-state index is -0.442. The van der Waals surface area contributed by atoms with Crippen LogP contribution in [0.5, 0.6) is 0 Å². The van der Waals surface area contributed by atoms with Crippen LogP contribution >= 0.6 is 0 Å². The highest BCUT2D eigenvalue weighted by Crippen LogP contribution is 2.28. The van der Waals surface area contributed by atoms with Crippen LogP contribution in [0.1, 0.15) is 51.7 Å². The van der Waals surface area contributed by atoms with Crippen molar-refractivity contribution in [2.75, 3.05) is 5.32 Å². The Morgan fingerprint density at radius 3 is 2.55 bits per heavy atom. The summed E-state index contributed by atoms with van der Waals surface area (Å²) in [5.41, 5.74) is 3.44. The average Bonchev–Trinajstić information content (AvgIpc) is 2.35. The third-order valence-corrected chi connectivity index (χ3v) is 3.95. The molecule has 1 fully saturated rings. The number of benzene rings is 1. The number of carbonyl (C=O) groups is 1. The van der Waals surface area contributed by atoms with Gasteiger partial charge in [0.1, 0.15) is 5.60 Å². The fraction of sp³-hybridized carbons (Fsp3) is 0.611. The smallest absolute Gasteiger partial charge is 0.407 e. The van der Waals surface area contributed by atoms with E-state index < -0.39 is 5.60 Å². The standard InChI is InChI=1S/C18H28N2O2/c1-6-13-9-7-8-12(2)16(13)19-14-10-15(11-14)20-17(21)22-18(3,4)5/h7-9,14-15,19H,6,10-11H2,1-5H3,(H,20,21). The molecule has 0 radical (unpaired) electrons. The van der Waals surface area contributed by atoms with Crippen molar-refractivity contribution in [3.05, 3.63) is 29.3 Å². The van der Waals surface area contributed by atoms with Crippen LogP contribution in [-0.2, 0) is 11.2 Å². The number of aryl methyl sites for hydroxylation is 2. The predicted molar refractivity (Wildman–Crippen MR) is 90.4 cm³/mol. The number of hydrogen-bond donors (Lipinski definition) is 2. The SMILES string of the molecule is CCc1cccc(C)c1NC1CC(NC(=O)OC(C)(C)C)C1. The van der Waals surface area contributed by atoms with Crippen molar-refractivity contribution in [1.82, 2.24) is 5.32 Å². The maximum atomic E-state index is 11.7. The Morgan fingerprint density at radius 2 is 1.95 bits per heavy atom. The fourth-order valence-electron chi connectivity index (χ4n) is 2.76. The van der Waals surface area contributed by atoms with Gasteiger partial charge in [-0.15, -0.1) is 0 Å². The molecule has 0 aliphatic heterocycles. The molecule has 1 aromatic carbocycles. The molecule has 4 heteroatoms. The molecule has 2 N–H and O–H groups in total. The summed E-state index contributed by atoms with van der Waals surface area (Å²) in [7, 11) is 0. The third kappa shape index (κ3) is 4.39. The highest BCUT2D eigenvalue weighted by atomic mass is 16.6. The van der Waals surface area contributed by atoms with Crippen LogP contribution in [0.2, 0.25) is 0 Å². The van der Waals surface area contributed by atoms with Crippen LogP contribution < -0.4 is 10.6 Å². The monoisotopic (exact) mass is 304 g/mol. The number of ether oxygens (including phenoxy) is 1. The van der Waals surface area contributed by atoms with Crippen LogP contribution in [0.15, 0.2) is 18.2 Å². The summed E-state index contributed by atoms with van der Waals surface area (Å²) in [6, 6.07) is 7.04. The van der Waals surface area contributed by atoms with Gasteiger partial charge in [0.15, 0.2) is 0 Å². The molecule has 0 atom stereocenters. The lowest BCUT2D eigenvalue weighted by Crippen LogP contribution is -2.50. The molecule has 1 aromatic rings. The van der Waals surface area contributed by atoms with Crippen molar-refractivity contribution in [2.24, 2.45) is 0 Å². The highest BCUT2D eigenvalue weighted by Gasteiger charge is 2.32. The number of carbonyl (C=O) groups excluding carboxylic acids is 1. The molecule has 4 nitrogen and oxygen atoms in total. The molecule has 0 spiro atoms. The van der Waals surface area contributed by atoms with Crippen LogP contribution in [-0.4, -0.2) is 23.8 Å². The zero-order chi connectivity index (χ0) is 16.3. The van der Waals surface area contributed by atoms with E-state index in [9.17, 15) is 4.79 Å². The second-order valence-electron chi connectivity index (χ2n) is 7.12. The van der Waals surface area contributed by atoms with Gasteiger partial charge in [-0.1, -0.05) is 25.1 Å². The number of hydrogen-bond acceptors (Lipinski definition) is 3. The fourth-order valence-corrected chi connectivity index (χ4v) is 2.76. The van der Waals surface area contributed by atoms with Gasteiger partial charge in [-0.2, -0.15) is 0 Å². The molecule has 0 aromatic heterocycles. The number of rotatable bonds is 4. The Morgan fingerprint density at radius 1 is 1.27 bits per heavy atom. The molecule has 22 heavy (non-hydrogen) atoms. The molecule has 0 bridgehead atoms. The molecule has 1 aliphatic rings. The molecule has 0 heterocycles. The quantitative estimate of drug-likeness (QED) is 0.883. The Bertz CT molecular complexity index is 528. The molecule has 0 saturated heterocycles. The first-order valence-corrected chi connectivity index (χ1v) is 8.13. The Balaban J connectivity index is 1.82. The lowest BCUT2D eigenvalue weighted by atomic mass is 9.86. The van der Waals surface area contributed by atoms with E-state index in [2.05, 4.69) is 42.7 Å². The first kappa shape index (κ1) is 16.7. The van der Waals surface area contributed by atoms with Crippen LogP contribution in [0, 0.1) is 6.92 Å². The van der Waals surface area contributed by atoms with Gasteiger partial charge in [0, 0.05) is 17.8 Å². The van der Waals surface area contributed by atoms with Gasteiger partial charge in [0.05, 0.1) is 0 Å². The summed E-state index contributed by atoms with van der Waals surface area (Å²) in [4.78, 5) is 11.7. The molecule has 1 amide bonds. The van der Waals surface area contributed by atoms with Crippen LogP contribution in [0.3, 0.4) is 0 Å². The van der Waals surface area contributed by atoms with Crippen molar-refractivity contribution in [1.29, 1.82) is 0 Å². The van der Waals surface area contributed by atoms with E-state index >= 15 is 0 Å². The molecule has 2 rings (SSSR count). The van der Waals surface area contributed by atoms with Gasteiger partial charge in [0.2, 0.25) is 0 Å². The molecule has 1 saturated carbocycles. The Labute approximate surface area is 133 Å². The topological polar surface area (TPSA) is 50.4 Å². The predicted octanol–water partition coefficient (Wildman–Crippen LogP) is 4.03. The van der Waals surface area contributed by atoms with Gasteiger partial charge in [-0.05, 0) is 58.1 Å². The molecular formula is C18H28N2O2. The van der Waals surface area contributed by atoms with Crippen molar-refractivity contribution in [3.8, 4) is 0 Å². The lowest BCUT2D eigenvalue weighted by molar-refractivity contribution is 0.0475. The Kier molecular flexibility index (Phi) is 4.99. The normalized spacial score (nSPS) is 21.0. The van der Waals surface area contributed by atoms with Crippen molar-refractivity contribution >= 4 is 11.8 Å². The number of amides is 1. The molecular weight excluding hydrogens is 276 g/mol. The lowest BCUT2D eigenvalue weighted by Gasteiger charge is -2.38. The van der Waals surface area contributed by atoms with E-state index in [1.165, 1.54) is 16.8 Å². The summed E-state index contributed by atoms with van der Waals surface area (Å²) in [5, 5.41) is 6.56. The number of alkyl carbamates (subject to hydrolysis) is 1. The van der Waals surface area contributed by atoms with Crippen molar-refractivity contribution in [3.63, 3.8) is 0 Å². The molecule has 0 unspecified atom stereocenters. The van der Waals surface area contributed by atoms with E-state index in [0.29, 0.717) is 6.04 Å². The maximum absolute atomic E-state index is 11.7. The van der Waals surface area contributed by atoms with Gasteiger partial charge < -0.3 is 15.4 Å². The second kappa shape index (κ2) is 6.59. The van der Waals surface area contributed by atoms with Gasteiger partial charge in [0.25, 0.3) is 0 Å². The van der Waals surface area contributed by atoms with Crippen LogP contribution in [0.4, 0.5) is 10.5 Å². The third-order valence-electron chi connectivity index (χ3n) is 3.95. The Hall–Kier alpha value is -1.71. The van der Waals surface area contributed by atoms with Crippen LogP contribution in [0.25, 0.3) is 0 Å². The van der Waals surface area contributed by atoms with E-state index in [0.717, 1.165) is 19.3 Å².